The summed E-state index contributed by atoms with van der Waals surface area (Å²) in [7, 11) is 3.95. The van der Waals surface area contributed by atoms with Crippen molar-refractivity contribution in [2.75, 3.05) is 30.9 Å². The fraction of sp³-hybridized carbons (Fsp3) is 0.476. The Labute approximate surface area is 182 Å². The number of carbonyl (C=O) groups excluding carboxylic acids is 1. The lowest BCUT2D eigenvalue weighted by molar-refractivity contribution is 0.0943. The first-order chi connectivity index (χ1) is 13.8. The largest absolute Gasteiger partial charge is 0.363 e. The van der Waals surface area contributed by atoms with Gasteiger partial charge in [0.1, 0.15) is 5.82 Å². The molecule has 0 saturated heterocycles. The molecule has 6 nitrogen and oxygen atoms in total. The topological polar surface area (TPSA) is 70.2 Å². The molecule has 29 heavy (non-hydrogen) atoms. The second-order valence-electron chi connectivity index (χ2n) is 7.79. The smallest absolute Gasteiger partial charge is 0.251 e. The number of nitrogens with one attached hydrogen (secondary N) is 2. The highest BCUT2D eigenvalue weighted by Gasteiger charge is 2.22. The van der Waals surface area contributed by atoms with E-state index >= 15 is 0 Å². The molecule has 1 heterocycles. The van der Waals surface area contributed by atoms with E-state index in [1.54, 1.807) is 18.2 Å². The predicted molar refractivity (Wildman–Crippen MR) is 119 cm³/mol. The Kier molecular flexibility index (Phi) is 7.19. The lowest BCUT2D eigenvalue weighted by Gasteiger charge is -2.29. The van der Waals surface area contributed by atoms with Crippen molar-refractivity contribution in [3.63, 3.8) is 0 Å². The Balaban J connectivity index is 1.47. The van der Waals surface area contributed by atoms with Gasteiger partial charge in [-0.3, -0.25) is 4.79 Å². The first kappa shape index (κ1) is 21.7. The van der Waals surface area contributed by atoms with Crippen LogP contribution in [0.1, 0.15) is 41.7 Å². The summed E-state index contributed by atoms with van der Waals surface area (Å²) in [5.41, 5.74) is 1.48. The number of carbonyl (C=O) groups is 1. The highest BCUT2D eigenvalue weighted by molar-refractivity contribution is 6.42. The quantitative estimate of drug-likeness (QED) is 0.695. The molecule has 1 amide bonds. The Morgan fingerprint density at radius 1 is 1.10 bits per heavy atom. The third kappa shape index (κ3) is 5.97. The van der Waals surface area contributed by atoms with Crippen LogP contribution in [0.3, 0.4) is 0 Å². The minimum atomic E-state index is -0.117. The zero-order chi connectivity index (χ0) is 21.0. The van der Waals surface area contributed by atoms with E-state index in [0.29, 0.717) is 40.1 Å². The molecule has 3 rings (SSSR count). The van der Waals surface area contributed by atoms with E-state index in [1.807, 2.05) is 32.0 Å². The summed E-state index contributed by atoms with van der Waals surface area (Å²) in [6.07, 6.45) is 4.15. The Hall–Kier alpha value is -2.05. The maximum Gasteiger partial charge on any atom is 0.251 e. The maximum absolute atomic E-state index is 12.3. The Bertz CT molecular complexity index is 866. The lowest BCUT2D eigenvalue weighted by Crippen LogP contribution is -2.34. The van der Waals surface area contributed by atoms with Gasteiger partial charge in [0.05, 0.1) is 10.0 Å². The number of nitrogens with zero attached hydrogens (tertiary/aromatic N) is 3. The summed E-state index contributed by atoms with van der Waals surface area (Å²) in [6.45, 7) is 2.64. The zero-order valence-electron chi connectivity index (χ0n) is 17.0. The van der Waals surface area contributed by atoms with Gasteiger partial charge < -0.3 is 15.5 Å². The fourth-order valence-corrected chi connectivity index (χ4v) is 3.81. The molecule has 2 N–H and O–H groups in total. The van der Waals surface area contributed by atoms with Crippen molar-refractivity contribution >= 4 is 40.9 Å². The molecule has 0 spiro atoms. The SMILES string of the molecule is Cc1cc(N(C)C)nc(N[C@H]2CC[C@@H](CNC(=O)c3ccc(Cl)c(Cl)c3)CC2)n1. The molecule has 0 radical (unpaired) electrons. The van der Waals surface area contributed by atoms with Crippen molar-refractivity contribution < 1.29 is 4.79 Å². The number of hydrogen-bond donors (Lipinski definition) is 2. The number of aryl methyl sites for hydroxylation is 1. The van der Waals surface area contributed by atoms with Crippen LogP contribution >= 0.6 is 23.2 Å². The van der Waals surface area contributed by atoms with Crippen LogP contribution in [0.25, 0.3) is 0 Å². The number of benzene rings is 1. The molecule has 1 saturated carbocycles. The molecule has 156 valence electrons. The molecule has 0 bridgehead atoms. The van der Waals surface area contributed by atoms with E-state index in [9.17, 15) is 4.79 Å². The van der Waals surface area contributed by atoms with Crippen molar-refractivity contribution in [1.82, 2.24) is 15.3 Å². The van der Waals surface area contributed by atoms with Crippen molar-refractivity contribution in [2.45, 2.75) is 38.6 Å². The molecule has 0 atom stereocenters. The molecule has 8 heteroatoms. The molecule has 1 aliphatic carbocycles. The van der Waals surface area contributed by atoms with Gasteiger partial charge in [0.25, 0.3) is 5.91 Å². The molecular weight excluding hydrogens is 409 g/mol. The van der Waals surface area contributed by atoms with Crippen LogP contribution < -0.4 is 15.5 Å². The van der Waals surface area contributed by atoms with Gasteiger partial charge in [0.15, 0.2) is 0 Å². The highest BCUT2D eigenvalue weighted by atomic mass is 35.5. The molecule has 2 aromatic rings. The second-order valence-corrected chi connectivity index (χ2v) is 8.60. The summed E-state index contributed by atoms with van der Waals surface area (Å²) in [5.74, 6) is 1.94. The van der Waals surface area contributed by atoms with Gasteiger partial charge in [-0.05, 0) is 56.7 Å². The number of aromatic nitrogens is 2. The van der Waals surface area contributed by atoms with Crippen LogP contribution in [-0.4, -0.2) is 42.6 Å². The summed E-state index contributed by atoms with van der Waals surface area (Å²) in [4.78, 5) is 23.4. The zero-order valence-corrected chi connectivity index (χ0v) is 18.5. The van der Waals surface area contributed by atoms with Crippen LogP contribution in [-0.2, 0) is 0 Å². The molecule has 1 aromatic heterocycles. The number of anilines is 2. The molecule has 1 aromatic carbocycles. The average Bonchev–Trinajstić information content (AvgIpc) is 2.69. The van der Waals surface area contributed by atoms with E-state index in [1.165, 1.54) is 0 Å². The van der Waals surface area contributed by atoms with Crippen LogP contribution in [0.15, 0.2) is 24.3 Å². The van der Waals surface area contributed by atoms with Gasteiger partial charge in [0, 0.05) is 44.0 Å². The first-order valence-electron chi connectivity index (χ1n) is 9.84. The summed E-state index contributed by atoms with van der Waals surface area (Å²) in [5, 5.41) is 7.33. The van der Waals surface area contributed by atoms with E-state index in [-0.39, 0.29) is 5.91 Å². The monoisotopic (exact) mass is 435 g/mol. The third-order valence-electron chi connectivity index (χ3n) is 5.21. The molecule has 0 aliphatic heterocycles. The summed E-state index contributed by atoms with van der Waals surface area (Å²) in [6, 6.07) is 7.26. The van der Waals surface area contributed by atoms with Crippen molar-refractivity contribution in [3.8, 4) is 0 Å². The molecule has 1 aliphatic rings. The van der Waals surface area contributed by atoms with Gasteiger partial charge in [-0.1, -0.05) is 23.2 Å². The van der Waals surface area contributed by atoms with Gasteiger partial charge >= 0.3 is 0 Å². The minimum Gasteiger partial charge on any atom is -0.363 e. The van der Waals surface area contributed by atoms with Crippen LogP contribution in [0.2, 0.25) is 10.0 Å². The van der Waals surface area contributed by atoms with Crippen molar-refractivity contribution in [2.24, 2.45) is 5.92 Å². The van der Waals surface area contributed by atoms with E-state index in [0.717, 1.165) is 37.2 Å². The van der Waals surface area contributed by atoms with Gasteiger partial charge in [-0.25, -0.2) is 4.98 Å². The summed E-state index contributed by atoms with van der Waals surface area (Å²) >= 11 is 11.9. The average molecular weight is 436 g/mol. The number of hydrogen-bond acceptors (Lipinski definition) is 5. The third-order valence-corrected chi connectivity index (χ3v) is 5.95. The predicted octanol–water partition coefficient (Wildman–Crippen LogP) is 4.56. The van der Waals surface area contributed by atoms with Crippen LogP contribution in [0.5, 0.6) is 0 Å². The Morgan fingerprint density at radius 3 is 2.48 bits per heavy atom. The Morgan fingerprint density at radius 2 is 1.83 bits per heavy atom. The first-order valence-corrected chi connectivity index (χ1v) is 10.6. The standard InChI is InChI=1S/C21H27Cl2N5O/c1-13-10-19(28(2)3)27-21(25-13)26-16-7-4-14(5-8-16)12-24-20(29)15-6-9-17(22)18(23)11-15/h6,9-11,14,16H,4-5,7-8,12H2,1-3H3,(H,24,29)(H,25,26,27)/t14-,16+. The number of rotatable bonds is 6. The number of halogens is 2. The van der Waals surface area contributed by atoms with Crippen molar-refractivity contribution in [3.05, 3.63) is 45.6 Å². The van der Waals surface area contributed by atoms with Crippen molar-refractivity contribution in [1.29, 1.82) is 0 Å². The van der Waals surface area contributed by atoms with Gasteiger partial charge in [-0.2, -0.15) is 4.98 Å². The van der Waals surface area contributed by atoms with E-state index in [4.69, 9.17) is 23.2 Å². The second kappa shape index (κ2) is 9.63. The lowest BCUT2D eigenvalue weighted by atomic mass is 9.86. The van der Waals surface area contributed by atoms with Gasteiger partial charge in [0.2, 0.25) is 5.95 Å². The van der Waals surface area contributed by atoms with Gasteiger partial charge in [-0.15, -0.1) is 0 Å². The van der Waals surface area contributed by atoms with Crippen LogP contribution in [0, 0.1) is 12.8 Å². The normalized spacial score (nSPS) is 18.9. The maximum atomic E-state index is 12.3. The minimum absolute atomic E-state index is 0.117. The fourth-order valence-electron chi connectivity index (χ4n) is 3.52. The number of amides is 1. The van der Waals surface area contributed by atoms with E-state index < -0.39 is 0 Å². The molecule has 0 unspecified atom stereocenters. The summed E-state index contributed by atoms with van der Waals surface area (Å²) < 4.78 is 0. The molecular formula is C21H27Cl2N5O. The molecule has 1 fully saturated rings. The van der Waals surface area contributed by atoms with Crippen LogP contribution in [0.4, 0.5) is 11.8 Å². The van der Waals surface area contributed by atoms with E-state index in [2.05, 4.69) is 20.6 Å². The highest BCUT2D eigenvalue weighted by Crippen LogP contribution is 2.26.